The van der Waals surface area contributed by atoms with Gasteiger partial charge in [0.05, 0.1) is 26.4 Å². The van der Waals surface area contributed by atoms with E-state index in [0.29, 0.717) is 25.7 Å². The van der Waals surface area contributed by atoms with Crippen LogP contribution < -0.4 is 0 Å². The lowest BCUT2D eigenvalue weighted by Crippen LogP contribution is -2.30. The van der Waals surface area contributed by atoms with E-state index in [1.54, 1.807) is 0 Å². The predicted octanol–water partition coefficient (Wildman–Crippen LogP) is 25.1. The van der Waals surface area contributed by atoms with Gasteiger partial charge in [0.15, 0.2) is 12.2 Å². The van der Waals surface area contributed by atoms with Crippen molar-refractivity contribution in [1.82, 2.24) is 0 Å². The van der Waals surface area contributed by atoms with Crippen molar-refractivity contribution in [3.8, 4) is 0 Å². The van der Waals surface area contributed by atoms with Crippen LogP contribution in [-0.4, -0.2) is 96.7 Å². The van der Waals surface area contributed by atoms with Gasteiger partial charge in [-0.25, -0.2) is 9.13 Å². The fourth-order valence-corrected chi connectivity index (χ4v) is 14.4. The van der Waals surface area contributed by atoms with Gasteiger partial charge in [-0.2, -0.15) is 0 Å². The summed E-state index contributed by atoms with van der Waals surface area (Å²) in [5, 5.41) is 10.7. The Morgan fingerprint density at radius 2 is 0.500 bits per heavy atom. The molecule has 0 aliphatic rings. The van der Waals surface area contributed by atoms with Crippen LogP contribution in [0.15, 0.2) is 0 Å². The number of hydrogen-bond acceptors (Lipinski definition) is 15. The SMILES string of the molecule is CCCCCCCCCCCCCCCCCCCC(=O)O[C@H](COC(=O)CCCCCCCCCCCC)COP(=O)(O)OC[C@H](O)COP(=O)(O)OC[C@@H](COC(=O)CCCCCCCCCCCCCCCCC(C)C)OC(=O)CCCCCCCCCCCCCCCCC(C)CC. The fourth-order valence-electron chi connectivity index (χ4n) is 12.9. The zero-order valence-corrected chi connectivity index (χ0v) is 68.7. The number of hydrogen-bond donors (Lipinski definition) is 3. The Hall–Kier alpha value is -1.94. The molecule has 0 saturated heterocycles. The van der Waals surface area contributed by atoms with E-state index in [2.05, 4.69) is 41.5 Å². The Kier molecular flexibility index (Phi) is 73.1. The molecule has 19 heteroatoms. The topological polar surface area (TPSA) is 237 Å². The number of aliphatic hydroxyl groups is 1. The Labute approximate surface area is 626 Å². The third kappa shape index (κ3) is 74.9. The smallest absolute Gasteiger partial charge is 0.462 e. The van der Waals surface area contributed by atoms with Gasteiger partial charge in [0, 0.05) is 25.7 Å². The maximum Gasteiger partial charge on any atom is 0.472 e. The van der Waals surface area contributed by atoms with Gasteiger partial charge in [-0.3, -0.25) is 37.3 Å². The maximum absolute atomic E-state index is 13.1. The van der Waals surface area contributed by atoms with Gasteiger partial charge in [0.1, 0.15) is 19.3 Å². The van der Waals surface area contributed by atoms with Crippen molar-refractivity contribution in [2.75, 3.05) is 39.6 Å². The van der Waals surface area contributed by atoms with Crippen LogP contribution in [-0.2, 0) is 65.4 Å². The van der Waals surface area contributed by atoms with Crippen molar-refractivity contribution < 1.29 is 80.2 Å². The molecule has 0 saturated carbocycles. The van der Waals surface area contributed by atoms with Gasteiger partial charge in [-0.15, -0.1) is 0 Å². The summed E-state index contributed by atoms with van der Waals surface area (Å²) in [7, 11) is -9.92. The summed E-state index contributed by atoms with van der Waals surface area (Å²) in [6.45, 7) is 9.73. The highest BCUT2D eigenvalue weighted by molar-refractivity contribution is 7.47. The van der Waals surface area contributed by atoms with E-state index >= 15 is 0 Å². The van der Waals surface area contributed by atoms with E-state index < -0.39 is 97.5 Å². The normalized spacial score (nSPS) is 14.1. The number of phosphoric acid groups is 2. The van der Waals surface area contributed by atoms with Crippen molar-refractivity contribution in [2.24, 2.45) is 11.8 Å². The predicted molar refractivity (Wildman–Crippen MR) is 418 cm³/mol. The number of ether oxygens (including phenoxy) is 4. The van der Waals surface area contributed by atoms with Gasteiger partial charge < -0.3 is 33.8 Å². The number of rotatable bonds is 82. The molecule has 0 radical (unpaired) electrons. The molecule has 0 aliphatic carbocycles. The quantitative estimate of drug-likeness (QED) is 0.0222. The second-order valence-corrected chi connectivity index (χ2v) is 33.5. The zero-order valence-electron chi connectivity index (χ0n) is 66.9. The van der Waals surface area contributed by atoms with E-state index in [-0.39, 0.29) is 25.7 Å². The molecular weight excluding hydrogens is 1330 g/mol. The fraction of sp³-hybridized carbons (Fsp3) is 0.952. The third-order valence-electron chi connectivity index (χ3n) is 19.8. The van der Waals surface area contributed by atoms with Gasteiger partial charge in [0.25, 0.3) is 0 Å². The molecule has 6 atom stereocenters. The molecule has 0 aromatic heterocycles. The zero-order chi connectivity index (χ0) is 74.9. The first-order valence-electron chi connectivity index (χ1n) is 43.0. The number of carbonyl (C=O) groups is 4. The summed E-state index contributed by atoms with van der Waals surface area (Å²) in [5.41, 5.74) is 0. The highest BCUT2D eigenvalue weighted by Gasteiger charge is 2.30. The molecular formula is C83H162O17P2. The van der Waals surface area contributed by atoms with Crippen LogP contribution in [0, 0.1) is 11.8 Å². The lowest BCUT2D eigenvalue weighted by molar-refractivity contribution is -0.161. The van der Waals surface area contributed by atoms with E-state index in [1.165, 1.54) is 257 Å². The number of carbonyl (C=O) groups excluding carboxylic acids is 4. The number of esters is 4. The first-order valence-corrected chi connectivity index (χ1v) is 46.0. The minimum Gasteiger partial charge on any atom is -0.462 e. The van der Waals surface area contributed by atoms with Crippen LogP contribution >= 0.6 is 15.6 Å². The van der Waals surface area contributed by atoms with Gasteiger partial charge >= 0.3 is 39.5 Å². The lowest BCUT2D eigenvalue weighted by atomic mass is 9.99. The molecule has 0 spiro atoms. The van der Waals surface area contributed by atoms with Crippen molar-refractivity contribution in [2.45, 2.75) is 458 Å². The summed E-state index contributed by atoms with van der Waals surface area (Å²) in [5.74, 6) is -0.459. The van der Waals surface area contributed by atoms with Crippen molar-refractivity contribution in [3.63, 3.8) is 0 Å². The molecule has 102 heavy (non-hydrogen) atoms. The van der Waals surface area contributed by atoms with Crippen molar-refractivity contribution in [3.05, 3.63) is 0 Å². The monoisotopic (exact) mass is 1490 g/mol. The Morgan fingerprint density at radius 1 is 0.284 bits per heavy atom. The highest BCUT2D eigenvalue weighted by atomic mass is 31.2. The van der Waals surface area contributed by atoms with Crippen LogP contribution in [0.3, 0.4) is 0 Å². The van der Waals surface area contributed by atoms with Gasteiger partial charge in [-0.1, -0.05) is 388 Å². The average Bonchev–Trinajstić information content (AvgIpc) is 0.912. The number of unbranched alkanes of at least 4 members (excludes halogenated alkanes) is 51. The molecule has 0 aromatic carbocycles. The Bertz CT molecular complexity index is 1960. The number of aliphatic hydroxyl groups excluding tert-OH is 1. The van der Waals surface area contributed by atoms with Crippen molar-refractivity contribution in [1.29, 1.82) is 0 Å². The largest absolute Gasteiger partial charge is 0.472 e. The van der Waals surface area contributed by atoms with Crippen LogP contribution in [0.5, 0.6) is 0 Å². The molecule has 17 nitrogen and oxygen atoms in total. The molecule has 606 valence electrons. The molecule has 3 unspecified atom stereocenters. The number of phosphoric ester groups is 2. The second kappa shape index (κ2) is 74.5. The minimum absolute atomic E-state index is 0.108. The third-order valence-corrected chi connectivity index (χ3v) is 21.7. The maximum atomic E-state index is 13.1. The minimum atomic E-state index is -4.96. The standard InChI is InChI=1S/C83H162O17P2/c1-7-10-12-14-16-18-20-21-22-23-24-32-37-43-49-55-61-67-82(87)99-78(71-93-80(85)65-59-53-47-41-19-17-15-13-11-8-2)73-97-101(89,90)95-69-77(84)70-96-102(91,92)98-74-79(72-94-81(86)66-60-54-48-42-36-31-27-25-29-34-39-45-51-57-63-75(4)5)100-83(88)68-62-56-50-44-38-33-28-26-30-35-40-46-52-58-64-76(6)9-3/h75-79,84H,7-74H2,1-6H3,(H,89,90)(H,91,92)/t76?,77-,78+,79+/m0/s1. The molecule has 0 bridgehead atoms. The van der Waals surface area contributed by atoms with Crippen LogP contribution in [0.2, 0.25) is 0 Å². The van der Waals surface area contributed by atoms with E-state index in [1.807, 2.05) is 0 Å². The molecule has 0 rings (SSSR count). The Balaban J connectivity index is 5.24. The van der Waals surface area contributed by atoms with Crippen LogP contribution in [0.4, 0.5) is 0 Å². The molecule has 0 aliphatic heterocycles. The molecule has 0 amide bonds. The highest BCUT2D eigenvalue weighted by Crippen LogP contribution is 2.45. The van der Waals surface area contributed by atoms with E-state index in [9.17, 15) is 43.2 Å². The van der Waals surface area contributed by atoms with Crippen LogP contribution in [0.1, 0.15) is 440 Å². The summed E-state index contributed by atoms with van der Waals surface area (Å²) < 4.78 is 68.8. The first kappa shape index (κ1) is 100. The molecule has 0 heterocycles. The molecule has 0 aromatic rings. The van der Waals surface area contributed by atoms with Crippen molar-refractivity contribution >= 4 is 39.5 Å². The second-order valence-electron chi connectivity index (χ2n) is 30.6. The Morgan fingerprint density at radius 3 is 0.745 bits per heavy atom. The van der Waals surface area contributed by atoms with E-state index in [0.717, 1.165) is 102 Å². The molecule has 0 fully saturated rings. The molecule has 3 N–H and O–H groups in total. The summed E-state index contributed by atoms with van der Waals surface area (Å²) in [6.07, 6.45) is 65.0. The van der Waals surface area contributed by atoms with E-state index in [4.69, 9.17) is 37.0 Å². The van der Waals surface area contributed by atoms with Gasteiger partial charge in [-0.05, 0) is 37.5 Å². The summed E-state index contributed by atoms with van der Waals surface area (Å²) >= 11 is 0. The summed E-state index contributed by atoms with van der Waals surface area (Å²) in [4.78, 5) is 73.1. The average molecular weight is 1490 g/mol. The summed E-state index contributed by atoms with van der Waals surface area (Å²) in [6, 6.07) is 0. The first-order chi connectivity index (χ1) is 49.4. The van der Waals surface area contributed by atoms with Gasteiger partial charge in [0.2, 0.25) is 0 Å². The lowest BCUT2D eigenvalue weighted by Gasteiger charge is -2.21. The van der Waals surface area contributed by atoms with Crippen LogP contribution in [0.25, 0.3) is 0 Å².